The zero-order valence-electron chi connectivity index (χ0n) is 16.8. The molecule has 1 heterocycles. The van der Waals surface area contributed by atoms with Crippen LogP contribution < -0.4 is 0 Å². The first-order chi connectivity index (χ1) is 13.6. The smallest absolute Gasteiger partial charge is 0.338 e. The zero-order chi connectivity index (χ0) is 21.8. The van der Waals surface area contributed by atoms with Crippen molar-refractivity contribution in [2.45, 2.75) is 25.3 Å². The SMILES string of the molecule is C=CCn1c(C)cc(C(=O)COC(=O)c2cccc(S(=O)(=O)N(C)OC)c2)c1C. The van der Waals surface area contributed by atoms with Crippen LogP contribution >= 0.6 is 0 Å². The van der Waals surface area contributed by atoms with Gasteiger partial charge in [-0.15, -0.1) is 6.58 Å². The number of Topliss-reactive ketones (excluding diaryl/α,β-unsaturated/α-hetero) is 1. The summed E-state index contributed by atoms with van der Waals surface area (Å²) >= 11 is 0. The van der Waals surface area contributed by atoms with Crippen molar-refractivity contribution in [3.05, 3.63) is 65.5 Å². The zero-order valence-corrected chi connectivity index (χ0v) is 17.7. The Bertz CT molecular complexity index is 1040. The van der Waals surface area contributed by atoms with Crippen LogP contribution in [0.2, 0.25) is 0 Å². The lowest BCUT2D eigenvalue weighted by atomic mass is 10.1. The van der Waals surface area contributed by atoms with Gasteiger partial charge >= 0.3 is 5.97 Å². The number of carbonyl (C=O) groups is 2. The molecule has 0 unspecified atom stereocenters. The number of sulfonamides is 1. The minimum absolute atomic E-state index is 0.0144. The summed E-state index contributed by atoms with van der Waals surface area (Å²) in [6.07, 6.45) is 1.73. The molecule has 0 aliphatic carbocycles. The van der Waals surface area contributed by atoms with E-state index in [9.17, 15) is 18.0 Å². The van der Waals surface area contributed by atoms with Gasteiger partial charge in [0.1, 0.15) is 0 Å². The number of nitrogens with zero attached hydrogens (tertiary/aromatic N) is 2. The fourth-order valence-corrected chi connectivity index (χ4v) is 3.84. The van der Waals surface area contributed by atoms with Gasteiger partial charge in [0.25, 0.3) is 10.0 Å². The summed E-state index contributed by atoms with van der Waals surface area (Å²) < 4.78 is 32.3. The molecule has 0 aliphatic heterocycles. The number of rotatable bonds is 9. The minimum atomic E-state index is -3.91. The van der Waals surface area contributed by atoms with E-state index in [1.807, 2.05) is 18.4 Å². The van der Waals surface area contributed by atoms with Crippen molar-refractivity contribution in [2.75, 3.05) is 20.8 Å². The van der Waals surface area contributed by atoms with Crippen LogP contribution in [0, 0.1) is 13.8 Å². The Morgan fingerprint density at radius 3 is 2.55 bits per heavy atom. The number of hydrogen-bond acceptors (Lipinski definition) is 6. The topological polar surface area (TPSA) is 94.9 Å². The van der Waals surface area contributed by atoms with E-state index in [2.05, 4.69) is 6.58 Å². The highest BCUT2D eigenvalue weighted by Gasteiger charge is 2.23. The van der Waals surface area contributed by atoms with Crippen molar-refractivity contribution in [3.8, 4) is 0 Å². The molecule has 0 amide bonds. The molecular formula is C20H24N2O6S. The Morgan fingerprint density at radius 2 is 1.93 bits per heavy atom. The predicted octanol–water partition coefficient (Wildman–Crippen LogP) is 2.51. The molecule has 2 rings (SSSR count). The molecule has 0 N–H and O–H groups in total. The third-order valence-electron chi connectivity index (χ3n) is 4.48. The van der Waals surface area contributed by atoms with E-state index in [1.165, 1.54) is 38.4 Å². The van der Waals surface area contributed by atoms with Gasteiger partial charge in [-0.2, -0.15) is 0 Å². The summed E-state index contributed by atoms with van der Waals surface area (Å²) in [5, 5.41) is 0. The summed E-state index contributed by atoms with van der Waals surface area (Å²) in [5.41, 5.74) is 2.15. The van der Waals surface area contributed by atoms with Crippen LogP contribution in [0.15, 0.2) is 47.9 Å². The van der Waals surface area contributed by atoms with Crippen LogP contribution in [0.1, 0.15) is 32.1 Å². The second kappa shape index (κ2) is 9.17. The molecule has 1 aromatic heterocycles. The fourth-order valence-electron chi connectivity index (χ4n) is 2.82. The summed E-state index contributed by atoms with van der Waals surface area (Å²) in [6, 6.07) is 7.07. The molecule has 0 aliphatic rings. The first kappa shape index (κ1) is 22.5. The summed E-state index contributed by atoms with van der Waals surface area (Å²) in [5.74, 6) is -1.14. The van der Waals surface area contributed by atoms with E-state index in [0.717, 1.165) is 11.4 Å². The van der Waals surface area contributed by atoms with Gasteiger partial charge in [0.2, 0.25) is 5.78 Å². The van der Waals surface area contributed by atoms with Gasteiger partial charge in [-0.3, -0.25) is 9.63 Å². The number of allylic oxidation sites excluding steroid dienone is 1. The van der Waals surface area contributed by atoms with Gasteiger partial charge in [-0.05, 0) is 38.1 Å². The number of hydroxylamine groups is 1. The molecule has 0 saturated heterocycles. The Balaban J connectivity index is 2.14. The number of ketones is 1. The lowest BCUT2D eigenvalue weighted by Gasteiger charge is -2.14. The molecule has 0 radical (unpaired) electrons. The molecule has 0 spiro atoms. The molecule has 0 bridgehead atoms. The van der Waals surface area contributed by atoms with E-state index in [0.29, 0.717) is 16.6 Å². The van der Waals surface area contributed by atoms with Gasteiger partial charge in [-0.25, -0.2) is 13.2 Å². The number of aryl methyl sites for hydroxylation is 1. The maximum absolute atomic E-state index is 12.5. The molecule has 0 fully saturated rings. The molecule has 1 aromatic carbocycles. The molecule has 8 nitrogen and oxygen atoms in total. The van der Waals surface area contributed by atoms with Crippen molar-refractivity contribution in [2.24, 2.45) is 0 Å². The quantitative estimate of drug-likeness (QED) is 0.268. The average Bonchev–Trinajstić information content (AvgIpc) is 2.99. The fraction of sp³-hybridized carbons (Fsp3) is 0.300. The van der Waals surface area contributed by atoms with Crippen molar-refractivity contribution in [1.82, 2.24) is 9.04 Å². The first-order valence-electron chi connectivity index (χ1n) is 8.74. The molecule has 0 atom stereocenters. The van der Waals surface area contributed by atoms with Crippen molar-refractivity contribution < 1.29 is 27.6 Å². The van der Waals surface area contributed by atoms with Crippen LogP contribution in [0.25, 0.3) is 0 Å². The van der Waals surface area contributed by atoms with Crippen LogP contribution in [0.4, 0.5) is 0 Å². The highest BCUT2D eigenvalue weighted by Crippen LogP contribution is 2.18. The largest absolute Gasteiger partial charge is 0.454 e. The monoisotopic (exact) mass is 420 g/mol. The summed E-state index contributed by atoms with van der Waals surface area (Å²) in [6.45, 7) is 7.51. The molecule has 9 heteroatoms. The van der Waals surface area contributed by atoms with Gasteiger partial charge in [0.05, 0.1) is 17.6 Å². The van der Waals surface area contributed by atoms with Gasteiger partial charge in [0.15, 0.2) is 6.61 Å². The number of benzene rings is 1. The molecular weight excluding hydrogens is 396 g/mol. The maximum atomic E-state index is 12.5. The lowest BCUT2D eigenvalue weighted by molar-refractivity contribution is -0.0258. The Hall–Kier alpha value is -2.75. The Labute approximate surface area is 170 Å². The van der Waals surface area contributed by atoms with Gasteiger partial charge in [0, 0.05) is 30.5 Å². The van der Waals surface area contributed by atoms with Crippen molar-refractivity contribution in [1.29, 1.82) is 0 Å². The number of ether oxygens (including phenoxy) is 1. The summed E-state index contributed by atoms with van der Waals surface area (Å²) in [4.78, 5) is 29.4. The maximum Gasteiger partial charge on any atom is 0.338 e. The second-order valence-electron chi connectivity index (χ2n) is 6.31. The van der Waals surface area contributed by atoms with E-state index in [-0.39, 0.29) is 16.2 Å². The van der Waals surface area contributed by atoms with E-state index in [4.69, 9.17) is 9.57 Å². The molecule has 2 aromatic rings. The summed E-state index contributed by atoms with van der Waals surface area (Å²) in [7, 11) is -1.45. The first-order valence-corrected chi connectivity index (χ1v) is 10.2. The molecule has 29 heavy (non-hydrogen) atoms. The number of carbonyl (C=O) groups excluding carboxylic acids is 2. The number of aromatic nitrogens is 1. The van der Waals surface area contributed by atoms with Gasteiger partial charge < -0.3 is 9.30 Å². The van der Waals surface area contributed by atoms with E-state index < -0.39 is 22.6 Å². The van der Waals surface area contributed by atoms with Crippen molar-refractivity contribution >= 4 is 21.8 Å². The molecule has 0 saturated carbocycles. The standard InChI is InChI=1S/C20H24N2O6S/c1-6-10-22-14(2)11-18(15(22)3)19(23)13-28-20(24)16-8-7-9-17(12-16)29(25,26)21(4)27-5/h6-9,11-12H,1,10,13H2,2-5H3. The Morgan fingerprint density at radius 1 is 1.24 bits per heavy atom. The predicted molar refractivity (Wildman–Crippen MR) is 107 cm³/mol. The van der Waals surface area contributed by atoms with Crippen molar-refractivity contribution in [3.63, 3.8) is 0 Å². The van der Waals surface area contributed by atoms with E-state index >= 15 is 0 Å². The Kier molecular flexibility index (Phi) is 7.12. The average molecular weight is 420 g/mol. The normalized spacial score (nSPS) is 11.5. The number of esters is 1. The molecule has 156 valence electrons. The minimum Gasteiger partial charge on any atom is -0.454 e. The highest BCUT2D eigenvalue weighted by molar-refractivity contribution is 7.89. The second-order valence-corrected chi connectivity index (χ2v) is 8.24. The van der Waals surface area contributed by atoms with Crippen LogP contribution in [-0.4, -0.2) is 50.0 Å². The van der Waals surface area contributed by atoms with Crippen LogP contribution in [0.5, 0.6) is 0 Å². The van der Waals surface area contributed by atoms with Crippen LogP contribution in [0.3, 0.4) is 0 Å². The van der Waals surface area contributed by atoms with Gasteiger partial charge in [-0.1, -0.05) is 16.6 Å². The third-order valence-corrected chi connectivity index (χ3v) is 6.16. The number of hydrogen-bond donors (Lipinski definition) is 0. The van der Waals surface area contributed by atoms with Crippen LogP contribution in [-0.2, 0) is 26.1 Å². The highest BCUT2D eigenvalue weighted by atomic mass is 32.2. The van der Waals surface area contributed by atoms with E-state index in [1.54, 1.807) is 12.1 Å². The third kappa shape index (κ3) is 4.81. The lowest BCUT2D eigenvalue weighted by Crippen LogP contribution is -2.26.